The summed E-state index contributed by atoms with van der Waals surface area (Å²) >= 11 is 0. The summed E-state index contributed by atoms with van der Waals surface area (Å²) in [6.45, 7) is 6.62. The van der Waals surface area contributed by atoms with Crippen molar-refractivity contribution in [3.05, 3.63) is 65.2 Å². The minimum absolute atomic E-state index is 0.00614. The van der Waals surface area contributed by atoms with Crippen molar-refractivity contribution in [2.75, 3.05) is 0 Å². The molecule has 6 nitrogen and oxygen atoms in total. The fourth-order valence-corrected chi connectivity index (χ4v) is 4.12. The summed E-state index contributed by atoms with van der Waals surface area (Å²) in [5, 5.41) is 14.7. The number of aromatic nitrogens is 4. The smallest absolute Gasteiger partial charge is 0.220 e. The average Bonchev–Trinajstić information content (AvgIpc) is 3.29. The Bertz CT molecular complexity index is 971. The van der Waals surface area contributed by atoms with E-state index >= 15 is 0 Å². The molecule has 2 N–H and O–H groups in total. The molecule has 0 aliphatic heterocycles. The van der Waals surface area contributed by atoms with Crippen LogP contribution in [0, 0.1) is 12.3 Å². The Morgan fingerprint density at radius 1 is 1.32 bits per heavy atom. The van der Waals surface area contributed by atoms with Crippen LogP contribution in [0.2, 0.25) is 0 Å². The summed E-state index contributed by atoms with van der Waals surface area (Å²) in [6.07, 6.45) is 8.53. The van der Waals surface area contributed by atoms with Crippen LogP contribution in [0.5, 0.6) is 0 Å². The fourth-order valence-electron chi connectivity index (χ4n) is 4.12. The van der Waals surface area contributed by atoms with Crippen LogP contribution < -0.4 is 5.32 Å². The van der Waals surface area contributed by atoms with Gasteiger partial charge in [-0.15, -0.1) is 0 Å². The number of carbonyl (C=O) groups is 1. The third kappa shape index (κ3) is 3.72. The van der Waals surface area contributed by atoms with E-state index in [9.17, 15) is 4.79 Å². The monoisotopic (exact) mass is 377 g/mol. The van der Waals surface area contributed by atoms with Gasteiger partial charge in [-0.1, -0.05) is 32.0 Å². The van der Waals surface area contributed by atoms with Gasteiger partial charge >= 0.3 is 0 Å². The average molecular weight is 377 g/mol. The summed E-state index contributed by atoms with van der Waals surface area (Å²) in [7, 11) is 0. The number of aromatic amines is 1. The van der Waals surface area contributed by atoms with Crippen molar-refractivity contribution in [1.29, 1.82) is 0 Å². The molecule has 0 bridgehead atoms. The minimum atomic E-state index is -0.00614. The van der Waals surface area contributed by atoms with Crippen molar-refractivity contribution in [2.24, 2.45) is 5.41 Å². The Balaban J connectivity index is 1.57. The highest BCUT2D eigenvalue weighted by Gasteiger charge is 2.36. The summed E-state index contributed by atoms with van der Waals surface area (Å²) < 4.78 is 2.05. The second-order valence-electron chi connectivity index (χ2n) is 8.52. The molecule has 6 heteroatoms. The van der Waals surface area contributed by atoms with Crippen LogP contribution in [0.1, 0.15) is 55.1 Å². The van der Waals surface area contributed by atoms with Gasteiger partial charge in [-0.3, -0.25) is 9.89 Å². The third-order valence-electron chi connectivity index (χ3n) is 5.55. The van der Waals surface area contributed by atoms with Crippen LogP contribution in [0.3, 0.4) is 0 Å². The topological polar surface area (TPSA) is 75.6 Å². The zero-order valence-corrected chi connectivity index (χ0v) is 16.7. The molecule has 1 aliphatic carbocycles. The van der Waals surface area contributed by atoms with Crippen LogP contribution >= 0.6 is 0 Å². The molecule has 2 aromatic heterocycles. The Morgan fingerprint density at radius 2 is 2.14 bits per heavy atom. The molecular weight excluding hydrogens is 350 g/mol. The second-order valence-corrected chi connectivity index (χ2v) is 8.52. The number of amides is 1. The number of carbonyl (C=O) groups excluding carboxylic acids is 1. The highest BCUT2D eigenvalue weighted by molar-refractivity contribution is 5.76. The zero-order chi connectivity index (χ0) is 19.7. The van der Waals surface area contributed by atoms with Gasteiger partial charge in [-0.05, 0) is 48.8 Å². The SMILES string of the molecule is Cc1ccccc1-n1ncc2c1CC(C)(C)C[C@H]2NC(=O)CCc1cn[nH]c1. The standard InChI is InChI=1S/C22H27N5O/c1-15-6-4-5-7-19(15)27-20-11-22(2,3)10-18(17(20)14-25-27)26-21(28)9-8-16-12-23-24-13-16/h4-7,12-14,18H,8-11H2,1-3H3,(H,23,24)(H,26,28)/t18-/m1/s1. The van der Waals surface area contributed by atoms with Gasteiger partial charge in [0.05, 0.1) is 29.8 Å². The molecule has 0 spiro atoms. The first-order valence-electron chi connectivity index (χ1n) is 9.83. The van der Waals surface area contributed by atoms with Crippen LogP contribution in [0.4, 0.5) is 0 Å². The van der Waals surface area contributed by atoms with Crippen LogP contribution in [0.25, 0.3) is 5.69 Å². The largest absolute Gasteiger partial charge is 0.349 e. The molecular formula is C22H27N5O. The van der Waals surface area contributed by atoms with E-state index < -0.39 is 0 Å². The number of benzene rings is 1. The van der Waals surface area contributed by atoms with Crippen molar-refractivity contribution < 1.29 is 4.79 Å². The predicted molar refractivity (Wildman–Crippen MR) is 108 cm³/mol. The predicted octanol–water partition coefficient (Wildman–Crippen LogP) is 3.67. The third-order valence-corrected chi connectivity index (χ3v) is 5.55. The van der Waals surface area contributed by atoms with E-state index in [4.69, 9.17) is 5.10 Å². The molecule has 0 saturated heterocycles. The molecule has 0 saturated carbocycles. The first kappa shape index (κ1) is 18.5. The van der Waals surface area contributed by atoms with E-state index in [1.165, 1.54) is 11.3 Å². The van der Waals surface area contributed by atoms with Crippen molar-refractivity contribution in [3.8, 4) is 5.69 Å². The molecule has 0 unspecified atom stereocenters. The van der Waals surface area contributed by atoms with Gasteiger partial charge in [-0.25, -0.2) is 4.68 Å². The summed E-state index contributed by atoms with van der Waals surface area (Å²) in [5.74, 6) is 0.0680. The lowest BCUT2D eigenvalue weighted by Gasteiger charge is -2.36. The lowest BCUT2D eigenvalue weighted by Crippen LogP contribution is -2.36. The van der Waals surface area contributed by atoms with Crippen molar-refractivity contribution in [2.45, 2.75) is 52.5 Å². The van der Waals surface area contributed by atoms with Gasteiger partial charge < -0.3 is 5.32 Å². The molecule has 1 aliphatic rings. The van der Waals surface area contributed by atoms with Crippen molar-refractivity contribution in [3.63, 3.8) is 0 Å². The Labute approximate surface area is 165 Å². The van der Waals surface area contributed by atoms with E-state index in [2.05, 4.69) is 53.1 Å². The lowest BCUT2D eigenvalue weighted by molar-refractivity contribution is -0.122. The van der Waals surface area contributed by atoms with Gasteiger partial charge in [0.25, 0.3) is 0 Å². The van der Waals surface area contributed by atoms with Gasteiger partial charge in [0.15, 0.2) is 0 Å². The number of fused-ring (bicyclic) bond motifs is 1. The van der Waals surface area contributed by atoms with E-state index in [0.29, 0.717) is 12.8 Å². The van der Waals surface area contributed by atoms with Crippen molar-refractivity contribution >= 4 is 5.91 Å². The Kier molecular flexibility index (Phi) is 4.79. The summed E-state index contributed by atoms with van der Waals surface area (Å²) in [6, 6.07) is 8.28. The number of nitrogens with zero attached hydrogens (tertiary/aromatic N) is 3. The summed E-state index contributed by atoms with van der Waals surface area (Å²) in [5.41, 5.74) is 5.77. The minimum Gasteiger partial charge on any atom is -0.349 e. The number of nitrogens with one attached hydrogen (secondary N) is 2. The highest BCUT2D eigenvalue weighted by Crippen LogP contribution is 2.41. The van der Waals surface area contributed by atoms with Gasteiger partial charge in [0.2, 0.25) is 5.91 Å². The molecule has 146 valence electrons. The molecule has 1 aromatic carbocycles. The molecule has 2 heterocycles. The number of rotatable bonds is 5. The molecule has 0 radical (unpaired) electrons. The van der Waals surface area contributed by atoms with E-state index in [-0.39, 0.29) is 17.4 Å². The molecule has 1 amide bonds. The molecule has 3 aromatic rings. The van der Waals surface area contributed by atoms with E-state index in [1.807, 2.05) is 24.5 Å². The van der Waals surface area contributed by atoms with E-state index in [0.717, 1.165) is 29.7 Å². The maximum absolute atomic E-state index is 12.6. The Hall–Kier alpha value is -2.89. The molecule has 28 heavy (non-hydrogen) atoms. The van der Waals surface area contributed by atoms with Crippen LogP contribution in [-0.4, -0.2) is 25.9 Å². The fraction of sp³-hybridized carbons (Fsp3) is 0.409. The molecule has 0 fully saturated rings. The summed E-state index contributed by atoms with van der Waals surface area (Å²) in [4.78, 5) is 12.6. The van der Waals surface area contributed by atoms with Crippen LogP contribution in [0.15, 0.2) is 42.9 Å². The maximum atomic E-state index is 12.6. The number of H-pyrrole nitrogens is 1. The van der Waals surface area contributed by atoms with E-state index in [1.54, 1.807) is 6.20 Å². The normalized spacial score (nSPS) is 17.9. The quantitative estimate of drug-likeness (QED) is 0.712. The number of hydrogen-bond acceptors (Lipinski definition) is 3. The number of aryl methyl sites for hydroxylation is 2. The van der Waals surface area contributed by atoms with Gasteiger partial charge in [0, 0.05) is 18.2 Å². The molecule has 4 rings (SSSR count). The molecule has 1 atom stereocenters. The lowest BCUT2D eigenvalue weighted by atomic mass is 9.74. The maximum Gasteiger partial charge on any atom is 0.220 e. The van der Waals surface area contributed by atoms with Gasteiger partial charge in [0.1, 0.15) is 0 Å². The number of para-hydroxylation sites is 1. The van der Waals surface area contributed by atoms with Crippen molar-refractivity contribution in [1.82, 2.24) is 25.3 Å². The second kappa shape index (κ2) is 7.26. The highest BCUT2D eigenvalue weighted by atomic mass is 16.1. The van der Waals surface area contributed by atoms with Crippen LogP contribution in [-0.2, 0) is 17.6 Å². The number of hydrogen-bond donors (Lipinski definition) is 2. The Morgan fingerprint density at radius 3 is 2.89 bits per heavy atom. The first-order chi connectivity index (χ1) is 13.4. The van der Waals surface area contributed by atoms with Gasteiger partial charge in [-0.2, -0.15) is 10.2 Å². The zero-order valence-electron chi connectivity index (χ0n) is 16.7. The first-order valence-corrected chi connectivity index (χ1v) is 9.83.